The molecule has 0 radical (unpaired) electrons. The zero-order valence-corrected chi connectivity index (χ0v) is 8.32. The molecule has 0 saturated heterocycles. The predicted octanol–water partition coefficient (Wildman–Crippen LogP) is -1.83. The summed E-state index contributed by atoms with van der Waals surface area (Å²) in [6.45, 7) is 6.01. The SMILES string of the molecule is CC[N+]1(CC)C=NN=N1.[I-]. The lowest BCUT2D eigenvalue weighted by molar-refractivity contribution is -0.839. The zero-order valence-electron chi connectivity index (χ0n) is 6.16. The number of hydrogen-bond donors (Lipinski definition) is 0. The Morgan fingerprint density at radius 2 is 1.90 bits per heavy atom. The van der Waals surface area contributed by atoms with E-state index in [1.807, 2.05) is 0 Å². The summed E-state index contributed by atoms with van der Waals surface area (Å²) in [7, 11) is 0. The molecule has 0 bridgehead atoms. The third kappa shape index (κ3) is 1.72. The molecule has 0 N–H and O–H groups in total. The van der Waals surface area contributed by atoms with Crippen molar-refractivity contribution in [2.75, 3.05) is 13.1 Å². The lowest BCUT2D eigenvalue weighted by Crippen LogP contribution is -3.00. The van der Waals surface area contributed by atoms with E-state index in [2.05, 4.69) is 29.4 Å². The summed E-state index contributed by atoms with van der Waals surface area (Å²) < 4.78 is 0.556. The maximum Gasteiger partial charge on any atom is 0.239 e. The smallest absolute Gasteiger partial charge is 0.239 e. The first-order valence-electron chi connectivity index (χ1n) is 3.16. The monoisotopic (exact) mass is 254 g/mol. The van der Waals surface area contributed by atoms with Gasteiger partial charge in [-0.05, 0) is 13.8 Å². The van der Waals surface area contributed by atoms with E-state index >= 15 is 0 Å². The molecule has 4 nitrogen and oxygen atoms in total. The molecule has 0 aromatic rings. The Kier molecular flexibility index (Phi) is 3.95. The van der Waals surface area contributed by atoms with Gasteiger partial charge in [-0.15, -0.1) is 4.59 Å². The summed E-state index contributed by atoms with van der Waals surface area (Å²) >= 11 is 0. The topological polar surface area (TPSA) is 37.1 Å². The van der Waals surface area contributed by atoms with Gasteiger partial charge in [0.1, 0.15) is 13.1 Å². The van der Waals surface area contributed by atoms with Crippen molar-refractivity contribution >= 4 is 6.34 Å². The molecule has 5 heteroatoms. The van der Waals surface area contributed by atoms with Gasteiger partial charge in [-0.1, -0.05) is 5.10 Å². The first kappa shape index (κ1) is 9.96. The van der Waals surface area contributed by atoms with E-state index in [0.717, 1.165) is 13.1 Å². The Morgan fingerprint density at radius 3 is 2.10 bits per heavy atom. The molecule has 10 heavy (non-hydrogen) atoms. The minimum absolute atomic E-state index is 0. The van der Waals surface area contributed by atoms with Crippen LogP contribution in [0.4, 0.5) is 0 Å². The molecule has 0 amide bonds. The van der Waals surface area contributed by atoms with E-state index in [1.54, 1.807) is 6.34 Å². The second kappa shape index (κ2) is 3.97. The Hall–Kier alpha value is -0.0400. The molecule has 1 aliphatic heterocycles. The number of nitrogens with zero attached hydrogens (tertiary/aromatic N) is 4. The van der Waals surface area contributed by atoms with Gasteiger partial charge in [0, 0.05) is 5.22 Å². The van der Waals surface area contributed by atoms with Crippen LogP contribution in [0.2, 0.25) is 0 Å². The van der Waals surface area contributed by atoms with Crippen LogP contribution in [0.25, 0.3) is 0 Å². The van der Waals surface area contributed by atoms with E-state index in [-0.39, 0.29) is 24.0 Å². The quantitative estimate of drug-likeness (QED) is 0.411. The molecule has 0 fully saturated rings. The Balaban J connectivity index is 0.000000810. The molecule has 0 spiro atoms. The highest BCUT2D eigenvalue weighted by molar-refractivity contribution is 5.46. The second-order valence-electron chi connectivity index (χ2n) is 2.03. The fourth-order valence-corrected chi connectivity index (χ4v) is 0.758. The fraction of sp³-hybridized carbons (Fsp3) is 0.800. The van der Waals surface area contributed by atoms with Crippen molar-refractivity contribution in [2.24, 2.45) is 15.5 Å². The lowest BCUT2D eigenvalue weighted by Gasteiger charge is -2.17. The summed E-state index contributed by atoms with van der Waals surface area (Å²) in [6.07, 6.45) is 1.76. The molecule has 1 heterocycles. The van der Waals surface area contributed by atoms with E-state index in [0.29, 0.717) is 4.59 Å². The molecule has 58 valence electrons. The molecule has 0 saturated carbocycles. The van der Waals surface area contributed by atoms with Crippen LogP contribution in [-0.2, 0) is 0 Å². The minimum atomic E-state index is 0. The van der Waals surface area contributed by atoms with Gasteiger partial charge in [0.2, 0.25) is 6.34 Å². The van der Waals surface area contributed by atoms with Crippen molar-refractivity contribution in [2.45, 2.75) is 13.8 Å². The summed E-state index contributed by atoms with van der Waals surface area (Å²) in [6, 6.07) is 0. The molecule has 0 unspecified atom stereocenters. The maximum atomic E-state index is 3.94. The van der Waals surface area contributed by atoms with Crippen LogP contribution in [0.3, 0.4) is 0 Å². The number of rotatable bonds is 2. The highest BCUT2D eigenvalue weighted by atomic mass is 127. The Bertz CT molecular complexity index is 136. The van der Waals surface area contributed by atoms with Crippen molar-refractivity contribution in [3.63, 3.8) is 0 Å². The van der Waals surface area contributed by atoms with Crippen LogP contribution < -0.4 is 24.0 Å². The molecule has 1 rings (SSSR count). The highest BCUT2D eigenvalue weighted by Gasteiger charge is 2.24. The third-order valence-corrected chi connectivity index (χ3v) is 1.63. The van der Waals surface area contributed by atoms with E-state index < -0.39 is 0 Å². The number of quaternary nitrogens is 1. The summed E-state index contributed by atoms with van der Waals surface area (Å²) in [5.74, 6) is 0. The van der Waals surface area contributed by atoms with E-state index in [1.165, 1.54) is 0 Å². The molecule has 1 aliphatic rings. The van der Waals surface area contributed by atoms with Crippen molar-refractivity contribution < 1.29 is 28.6 Å². The third-order valence-electron chi connectivity index (χ3n) is 1.63. The second-order valence-corrected chi connectivity index (χ2v) is 2.03. The van der Waals surface area contributed by atoms with Crippen LogP contribution in [0, 0.1) is 0 Å². The van der Waals surface area contributed by atoms with E-state index in [9.17, 15) is 0 Å². The molecule has 0 aromatic carbocycles. The van der Waals surface area contributed by atoms with Gasteiger partial charge in [-0.3, -0.25) is 0 Å². The Labute approximate surface area is 77.6 Å². The van der Waals surface area contributed by atoms with Crippen molar-refractivity contribution in [3.05, 3.63) is 0 Å². The van der Waals surface area contributed by atoms with Crippen LogP contribution in [0.1, 0.15) is 13.8 Å². The molecule has 0 atom stereocenters. The first-order valence-corrected chi connectivity index (χ1v) is 3.16. The van der Waals surface area contributed by atoms with Crippen molar-refractivity contribution in [1.82, 2.24) is 0 Å². The first-order chi connectivity index (χ1) is 4.33. The summed E-state index contributed by atoms with van der Waals surface area (Å²) in [4.78, 5) is 0. The minimum Gasteiger partial charge on any atom is -1.00 e. The van der Waals surface area contributed by atoms with Crippen LogP contribution in [0.15, 0.2) is 15.5 Å². The standard InChI is InChI=1S/C5H11N4.HI/c1-3-9(4-2)5-6-7-8-9;/h5H,3-4H2,1-2H3;1H/q+1;/p-1. The number of halogens is 1. The van der Waals surface area contributed by atoms with Crippen LogP contribution >= 0.6 is 0 Å². The Morgan fingerprint density at radius 1 is 1.30 bits per heavy atom. The van der Waals surface area contributed by atoms with Gasteiger partial charge < -0.3 is 24.0 Å². The fourth-order valence-electron chi connectivity index (χ4n) is 0.758. The largest absolute Gasteiger partial charge is 1.00 e. The van der Waals surface area contributed by atoms with Crippen molar-refractivity contribution in [3.8, 4) is 0 Å². The molecular weight excluding hydrogens is 243 g/mol. The normalized spacial score (nSPS) is 19.0. The molecule has 0 aromatic heterocycles. The van der Waals surface area contributed by atoms with Gasteiger partial charge in [0.25, 0.3) is 0 Å². The summed E-state index contributed by atoms with van der Waals surface area (Å²) in [5, 5.41) is 11.2. The lowest BCUT2D eigenvalue weighted by atomic mass is 10.5. The average molecular weight is 254 g/mol. The summed E-state index contributed by atoms with van der Waals surface area (Å²) in [5.41, 5.74) is 0. The van der Waals surface area contributed by atoms with Gasteiger partial charge in [-0.25, -0.2) is 0 Å². The molecular formula is C5H11IN4. The number of hydrogen-bond acceptors (Lipinski definition) is 3. The van der Waals surface area contributed by atoms with Gasteiger partial charge in [-0.2, -0.15) is 0 Å². The van der Waals surface area contributed by atoms with Crippen molar-refractivity contribution in [1.29, 1.82) is 0 Å². The predicted molar refractivity (Wildman–Crippen MR) is 34.7 cm³/mol. The van der Waals surface area contributed by atoms with Crippen LogP contribution in [-0.4, -0.2) is 24.0 Å². The highest BCUT2D eigenvalue weighted by Crippen LogP contribution is 2.09. The van der Waals surface area contributed by atoms with Gasteiger partial charge >= 0.3 is 0 Å². The van der Waals surface area contributed by atoms with E-state index in [4.69, 9.17) is 0 Å². The molecule has 0 aliphatic carbocycles. The van der Waals surface area contributed by atoms with Gasteiger partial charge in [0.05, 0.1) is 5.22 Å². The average Bonchev–Trinajstić information content (AvgIpc) is 2.36. The van der Waals surface area contributed by atoms with Crippen LogP contribution in [0.5, 0.6) is 0 Å². The zero-order chi connectivity index (χ0) is 6.74. The van der Waals surface area contributed by atoms with Gasteiger partial charge in [0.15, 0.2) is 0 Å². The maximum absolute atomic E-state index is 3.94.